The summed E-state index contributed by atoms with van der Waals surface area (Å²) in [5.74, 6) is -1.09. The topological polar surface area (TPSA) is 126 Å². The van der Waals surface area contributed by atoms with Gasteiger partial charge in [-0.1, -0.05) is 28.8 Å². The molecule has 3 aliphatic heterocycles. The summed E-state index contributed by atoms with van der Waals surface area (Å²) in [6.45, 7) is 2.92. The van der Waals surface area contributed by atoms with Crippen LogP contribution in [0, 0.1) is 11.8 Å². The number of hydrogen-bond acceptors (Lipinski definition) is 7. The first-order valence-electron chi connectivity index (χ1n) is 14.5. The van der Waals surface area contributed by atoms with Crippen molar-refractivity contribution in [2.24, 2.45) is 11.8 Å². The molecular weight excluding hydrogens is 606 g/mol. The van der Waals surface area contributed by atoms with Crippen LogP contribution >= 0.6 is 15.9 Å². The Morgan fingerprint density at radius 3 is 2.24 bits per heavy atom. The number of unbranched alkanes of at least 4 members (excludes halogenated alkanes) is 3. The van der Waals surface area contributed by atoms with Gasteiger partial charge in [0.05, 0.1) is 31.7 Å². The van der Waals surface area contributed by atoms with Gasteiger partial charge in [-0.3, -0.25) is 14.4 Å². The highest BCUT2D eigenvalue weighted by Gasteiger charge is 2.76. The van der Waals surface area contributed by atoms with Crippen molar-refractivity contribution in [3.8, 4) is 11.5 Å². The van der Waals surface area contributed by atoms with Crippen LogP contribution in [0.25, 0.3) is 0 Å². The van der Waals surface area contributed by atoms with Crippen LogP contribution in [-0.4, -0.2) is 77.2 Å². The predicted octanol–water partition coefficient (Wildman–Crippen LogP) is 3.97. The largest absolute Gasteiger partial charge is 0.497 e. The standard InChI is InChI=1S/C31H38BrN3O7/c1-3-41-22-14-10-19(11-15-22)33-28(37)24-25-30(39)35(16-6-4-5-7-17-36)27(31(25)18-23(32)26(24)42-31)29(38)34-20-8-12-21(40-2)13-9-20/h8-15,23-27,36H,3-7,16-18H2,1-2H3,(H,33,37)(H,34,38)/t23?,24-,25-,26-,27?,31?/m0/s1. The number of methoxy groups -OCH3 is 1. The van der Waals surface area contributed by atoms with Gasteiger partial charge in [0.25, 0.3) is 0 Å². The summed E-state index contributed by atoms with van der Waals surface area (Å²) in [4.78, 5) is 43.3. The van der Waals surface area contributed by atoms with Crippen LogP contribution in [0.2, 0.25) is 0 Å². The molecule has 42 heavy (non-hydrogen) atoms. The van der Waals surface area contributed by atoms with Gasteiger partial charge in [-0.05, 0) is 74.7 Å². The number of hydrogen-bond donors (Lipinski definition) is 3. The van der Waals surface area contributed by atoms with E-state index in [1.54, 1.807) is 60.5 Å². The van der Waals surface area contributed by atoms with Gasteiger partial charge < -0.3 is 34.9 Å². The van der Waals surface area contributed by atoms with E-state index in [9.17, 15) is 14.4 Å². The molecule has 10 nitrogen and oxygen atoms in total. The Bertz CT molecular complexity index is 1270. The van der Waals surface area contributed by atoms with Gasteiger partial charge in [0, 0.05) is 29.4 Å². The van der Waals surface area contributed by atoms with Crippen molar-refractivity contribution >= 4 is 45.0 Å². The molecule has 2 aromatic rings. The van der Waals surface area contributed by atoms with E-state index in [-0.39, 0.29) is 29.2 Å². The van der Waals surface area contributed by atoms with Crippen molar-refractivity contribution in [3.05, 3.63) is 48.5 Å². The normalized spacial score (nSPS) is 27.6. The first-order valence-corrected chi connectivity index (χ1v) is 15.5. The first-order chi connectivity index (χ1) is 20.3. The summed E-state index contributed by atoms with van der Waals surface area (Å²) in [5.41, 5.74) is 0.0217. The number of amides is 3. The summed E-state index contributed by atoms with van der Waals surface area (Å²) < 4.78 is 17.3. The monoisotopic (exact) mass is 643 g/mol. The Morgan fingerprint density at radius 1 is 1.00 bits per heavy atom. The number of nitrogens with zero attached hydrogens (tertiary/aromatic N) is 1. The minimum Gasteiger partial charge on any atom is -0.497 e. The van der Waals surface area contributed by atoms with Crippen LogP contribution in [-0.2, 0) is 19.1 Å². The summed E-state index contributed by atoms with van der Waals surface area (Å²) >= 11 is 3.71. The fourth-order valence-corrected chi connectivity index (χ4v) is 7.57. The molecule has 5 rings (SSSR count). The highest BCUT2D eigenvalue weighted by Crippen LogP contribution is 2.60. The number of rotatable bonds is 13. The number of likely N-dealkylation sites (tertiary alicyclic amines) is 1. The van der Waals surface area contributed by atoms with Gasteiger partial charge in [-0.2, -0.15) is 0 Å². The fourth-order valence-electron chi connectivity index (χ4n) is 6.63. The number of anilines is 2. The highest BCUT2D eigenvalue weighted by molar-refractivity contribution is 9.09. The molecule has 3 unspecified atom stereocenters. The molecule has 3 amide bonds. The van der Waals surface area contributed by atoms with E-state index in [2.05, 4.69) is 26.6 Å². The van der Waals surface area contributed by atoms with E-state index in [4.69, 9.17) is 19.3 Å². The number of aliphatic hydroxyl groups is 1. The predicted molar refractivity (Wildman–Crippen MR) is 161 cm³/mol. The molecule has 6 atom stereocenters. The Kier molecular flexibility index (Phi) is 9.39. The van der Waals surface area contributed by atoms with E-state index in [1.165, 1.54) is 0 Å². The Morgan fingerprint density at radius 2 is 1.62 bits per heavy atom. The molecule has 226 valence electrons. The number of benzene rings is 2. The van der Waals surface area contributed by atoms with Gasteiger partial charge in [0.1, 0.15) is 23.1 Å². The molecule has 2 bridgehead atoms. The molecule has 3 N–H and O–H groups in total. The van der Waals surface area contributed by atoms with Crippen molar-refractivity contribution < 1.29 is 33.7 Å². The molecule has 1 spiro atoms. The van der Waals surface area contributed by atoms with Crippen LogP contribution in [0.5, 0.6) is 11.5 Å². The number of alkyl halides is 1. The number of carbonyl (C=O) groups is 3. The third kappa shape index (κ3) is 5.74. The van der Waals surface area contributed by atoms with Gasteiger partial charge in [-0.15, -0.1) is 0 Å². The molecule has 0 radical (unpaired) electrons. The molecule has 0 saturated carbocycles. The van der Waals surface area contributed by atoms with Crippen LogP contribution in [0.3, 0.4) is 0 Å². The summed E-state index contributed by atoms with van der Waals surface area (Å²) in [6.07, 6.45) is 2.87. The van der Waals surface area contributed by atoms with E-state index in [1.807, 2.05) is 6.92 Å². The van der Waals surface area contributed by atoms with Crippen molar-refractivity contribution in [2.45, 2.75) is 61.6 Å². The van der Waals surface area contributed by atoms with E-state index >= 15 is 0 Å². The Balaban J connectivity index is 1.41. The maximum absolute atomic E-state index is 14.1. The second-order valence-electron chi connectivity index (χ2n) is 11.0. The van der Waals surface area contributed by atoms with Crippen LogP contribution in [0.1, 0.15) is 39.0 Å². The smallest absolute Gasteiger partial charge is 0.250 e. The van der Waals surface area contributed by atoms with Crippen molar-refractivity contribution in [3.63, 3.8) is 0 Å². The molecule has 3 heterocycles. The van der Waals surface area contributed by atoms with E-state index < -0.39 is 29.6 Å². The Labute approximate surface area is 254 Å². The number of aliphatic hydroxyl groups excluding tert-OH is 1. The summed E-state index contributed by atoms with van der Waals surface area (Å²) in [5, 5.41) is 15.1. The number of nitrogens with one attached hydrogen (secondary N) is 2. The molecule has 3 aliphatic rings. The molecule has 11 heteroatoms. The maximum Gasteiger partial charge on any atom is 0.250 e. The summed E-state index contributed by atoms with van der Waals surface area (Å²) in [7, 11) is 1.57. The molecule has 2 aromatic carbocycles. The second-order valence-corrected chi connectivity index (χ2v) is 12.2. The zero-order chi connectivity index (χ0) is 29.9. The molecule has 0 aromatic heterocycles. The molecule has 3 fully saturated rings. The third-order valence-corrected chi connectivity index (χ3v) is 9.28. The third-order valence-electron chi connectivity index (χ3n) is 8.44. The van der Waals surface area contributed by atoms with Crippen molar-refractivity contribution in [1.82, 2.24) is 4.90 Å². The number of halogens is 1. The second kappa shape index (κ2) is 13.0. The van der Waals surface area contributed by atoms with Gasteiger partial charge in [0.2, 0.25) is 17.7 Å². The maximum atomic E-state index is 14.1. The zero-order valence-corrected chi connectivity index (χ0v) is 25.5. The zero-order valence-electron chi connectivity index (χ0n) is 23.9. The molecule has 3 saturated heterocycles. The number of ether oxygens (including phenoxy) is 3. The summed E-state index contributed by atoms with van der Waals surface area (Å²) in [6, 6.07) is 13.2. The number of carbonyl (C=O) groups excluding carboxylic acids is 3. The SMILES string of the molecule is CCOc1ccc(NC(=O)[C@H]2[C@H]3C(=O)N(CCCCCCO)C(C(=O)Nc4ccc(OC)cc4)C34CC(Br)[C@@H]2O4)cc1. The lowest BCUT2D eigenvalue weighted by atomic mass is 9.70. The quantitative estimate of drug-likeness (QED) is 0.223. The average Bonchev–Trinajstić information content (AvgIpc) is 3.57. The number of fused-ring (bicyclic) bond motifs is 1. The van der Waals surface area contributed by atoms with Gasteiger partial charge in [0.15, 0.2) is 0 Å². The lowest BCUT2D eigenvalue weighted by Gasteiger charge is -2.34. The fraction of sp³-hybridized carbons (Fsp3) is 0.516. The van der Waals surface area contributed by atoms with Gasteiger partial charge >= 0.3 is 0 Å². The highest BCUT2D eigenvalue weighted by atomic mass is 79.9. The van der Waals surface area contributed by atoms with Gasteiger partial charge in [-0.25, -0.2) is 0 Å². The van der Waals surface area contributed by atoms with Crippen molar-refractivity contribution in [2.75, 3.05) is 37.5 Å². The molecular formula is C31H38BrN3O7. The minimum absolute atomic E-state index is 0.119. The van der Waals surface area contributed by atoms with Crippen LogP contribution in [0.4, 0.5) is 11.4 Å². The van der Waals surface area contributed by atoms with E-state index in [0.29, 0.717) is 55.3 Å². The Hall–Kier alpha value is -3.15. The first kappa shape index (κ1) is 30.3. The van der Waals surface area contributed by atoms with Crippen LogP contribution < -0.4 is 20.1 Å². The lowest BCUT2D eigenvalue weighted by molar-refractivity contribution is -0.139. The van der Waals surface area contributed by atoms with Crippen LogP contribution in [0.15, 0.2) is 48.5 Å². The lowest BCUT2D eigenvalue weighted by Crippen LogP contribution is -2.54. The van der Waals surface area contributed by atoms with E-state index in [0.717, 1.165) is 12.8 Å². The average molecular weight is 645 g/mol. The van der Waals surface area contributed by atoms with Crippen molar-refractivity contribution in [1.29, 1.82) is 0 Å². The minimum atomic E-state index is -1.14. The molecule has 0 aliphatic carbocycles.